The topological polar surface area (TPSA) is 113 Å². The summed E-state index contributed by atoms with van der Waals surface area (Å²) < 4.78 is 28.5. The number of sulfonamides is 1. The van der Waals surface area contributed by atoms with Crippen LogP contribution in [0.5, 0.6) is 0 Å². The zero-order valence-corrected chi connectivity index (χ0v) is 16.9. The van der Waals surface area contributed by atoms with Gasteiger partial charge in [-0.25, -0.2) is 13.1 Å². The fraction of sp³-hybridized carbons (Fsp3) is 0.182. The molecule has 0 saturated carbocycles. The minimum atomic E-state index is -3.89. The van der Waals surface area contributed by atoms with Crippen LogP contribution in [0.4, 0.5) is 0 Å². The summed E-state index contributed by atoms with van der Waals surface area (Å²) in [5.74, 6) is -0.287. The average Bonchev–Trinajstić information content (AvgIpc) is 2.72. The Balaban J connectivity index is 1.89. The van der Waals surface area contributed by atoms with E-state index in [4.69, 9.17) is 11.1 Å². The molecule has 0 aliphatic rings. The fourth-order valence-corrected chi connectivity index (χ4v) is 4.41. The number of benzene rings is 3. The highest BCUT2D eigenvalue weighted by molar-refractivity contribution is 7.89. The lowest BCUT2D eigenvalue weighted by molar-refractivity contribution is -0.120. The van der Waals surface area contributed by atoms with Gasteiger partial charge in [-0.1, -0.05) is 55.5 Å². The number of carbonyl (C=O) groups excluding carboxylic acids is 1. The Morgan fingerprint density at radius 2 is 1.76 bits per heavy atom. The molecular formula is C22H23N3O3S. The van der Waals surface area contributed by atoms with Gasteiger partial charge in [0, 0.05) is 12.0 Å². The van der Waals surface area contributed by atoms with E-state index in [0.717, 1.165) is 16.3 Å². The third kappa shape index (κ3) is 4.88. The van der Waals surface area contributed by atoms with Gasteiger partial charge in [0.1, 0.15) is 5.84 Å². The van der Waals surface area contributed by atoms with Crippen LogP contribution < -0.4 is 10.5 Å². The van der Waals surface area contributed by atoms with E-state index < -0.39 is 16.1 Å². The summed E-state index contributed by atoms with van der Waals surface area (Å²) in [6.07, 6.45) is 0.387. The number of fused-ring (bicyclic) bond motifs is 1. The second kappa shape index (κ2) is 8.55. The number of rotatable bonds is 8. The molecule has 7 heteroatoms. The highest BCUT2D eigenvalue weighted by Gasteiger charge is 2.25. The molecule has 0 fully saturated rings. The van der Waals surface area contributed by atoms with Crippen molar-refractivity contribution in [2.75, 3.05) is 0 Å². The van der Waals surface area contributed by atoms with Gasteiger partial charge in [-0.05, 0) is 41.0 Å². The summed E-state index contributed by atoms with van der Waals surface area (Å²) in [5, 5.41) is 9.30. The second-order valence-electron chi connectivity index (χ2n) is 6.82. The molecule has 4 N–H and O–H groups in total. The minimum Gasteiger partial charge on any atom is -0.384 e. The normalized spacial score (nSPS) is 12.6. The molecule has 1 atom stereocenters. The standard InChI is InChI=1S/C22H23N3O3S/c1-2-21(26)20(13-15-6-5-9-18(12-15)22(23)24)25-29(27,28)19-11-10-16-7-3-4-8-17(16)14-19/h3-12,14,20,25H,2,13H2,1H3,(H3,23,24)/t20-/m0/s1. The van der Waals surface area contributed by atoms with Crippen LogP contribution in [-0.4, -0.2) is 26.1 Å². The molecule has 3 rings (SSSR count). The minimum absolute atomic E-state index is 0.0815. The molecule has 0 bridgehead atoms. The Kier molecular flexibility index (Phi) is 6.10. The number of Topliss-reactive ketones (excluding diaryl/α,β-unsaturated/α-hetero) is 1. The van der Waals surface area contributed by atoms with Gasteiger partial charge < -0.3 is 5.73 Å². The highest BCUT2D eigenvalue weighted by atomic mass is 32.2. The van der Waals surface area contributed by atoms with Crippen LogP contribution in [0.1, 0.15) is 24.5 Å². The molecule has 0 unspecified atom stereocenters. The van der Waals surface area contributed by atoms with Crippen molar-refractivity contribution in [2.45, 2.75) is 30.7 Å². The van der Waals surface area contributed by atoms with Crippen LogP contribution in [0.3, 0.4) is 0 Å². The fourth-order valence-electron chi connectivity index (χ4n) is 3.16. The van der Waals surface area contributed by atoms with Crippen molar-refractivity contribution < 1.29 is 13.2 Å². The van der Waals surface area contributed by atoms with Crippen LogP contribution in [-0.2, 0) is 21.2 Å². The lowest BCUT2D eigenvalue weighted by Gasteiger charge is -2.18. The van der Waals surface area contributed by atoms with Gasteiger partial charge in [0.25, 0.3) is 0 Å². The van der Waals surface area contributed by atoms with Gasteiger partial charge in [0.05, 0.1) is 10.9 Å². The average molecular weight is 410 g/mol. The van der Waals surface area contributed by atoms with Crippen molar-refractivity contribution in [1.82, 2.24) is 4.72 Å². The SMILES string of the molecule is CCC(=O)[C@H](Cc1cccc(C(=N)N)c1)NS(=O)(=O)c1ccc2ccccc2c1. The van der Waals surface area contributed by atoms with Crippen molar-refractivity contribution >= 4 is 32.4 Å². The van der Waals surface area contributed by atoms with E-state index in [1.54, 1.807) is 43.3 Å². The van der Waals surface area contributed by atoms with Crippen molar-refractivity contribution in [3.63, 3.8) is 0 Å². The zero-order chi connectivity index (χ0) is 21.0. The van der Waals surface area contributed by atoms with Crippen LogP contribution in [0.15, 0.2) is 71.6 Å². The maximum Gasteiger partial charge on any atom is 0.241 e. The number of nitrogen functional groups attached to an aromatic ring is 1. The molecule has 0 amide bonds. The largest absolute Gasteiger partial charge is 0.384 e. The van der Waals surface area contributed by atoms with Gasteiger partial charge in [-0.3, -0.25) is 10.2 Å². The monoisotopic (exact) mass is 409 g/mol. The number of amidine groups is 1. The molecule has 3 aromatic carbocycles. The molecule has 0 radical (unpaired) electrons. The van der Waals surface area contributed by atoms with Crippen LogP contribution in [0.2, 0.25) is 0 Å². The first-order valence-electron chi connectivity index (χ1n) is 9.27. The Hall–Kier alpha value is -3.03. The molecule has 150 valence electrons. The quantitative estimate of drug-likeness (QED) is 0.392. The van der Waals surface area contributed by atoms with E-state index in [2.05, 4.69) is 4.72 Å². The summed E-state index contributed by atoms with van der Waals surface area (Å²) in [6, 6.07) is 18.4. The molecule has 0 aromatic heterocycles. The van der Waals surface area contributed by atoms with Gasteiger partial charge in [0.15, 0.2) is 5.78 Å². The Bertz CT molecular complexity index is 1170. The first-order valence-corrected chi connectivity index (χ1v) is 10.8. The van der Waals surface area contributed by atoms with Gasteiger partial charge in [-0.15, -0.1) is 0 Å². The number of nitrogens with one attached hydrogen (secondary N) is 2. The maximum absolute atomic E-state index is 13.0. The Morgan fingerprint density at radius 1 is 1.03 bits per heavy atom. The van der Waals surface area contributed by atoms with E-state index in [1.807, 2.05) is 24.3 Å². The first kappa shape index (κ1) is 20.7. The third-order valence-corrected chi connectivity index (χ3v) is 6.21. The van der Waals surface area contributed by atoms with Crippen molar-refractivity contribution in [3.8, 4) is 0 Å². The summed E-state index contributed by atoms with van der Waals surface area (Å²) in [5.41, 5.74) is 6.79. The molecule has 6 nitrogen and oxygen atoms in total. The Labute approximate surface area is 170 Å². The van der Waals surface area contributed by atoms with Crippen molar-refractivity contribution in [3.05, 3.63) is 77.9 Å². The molecule has 0 spiro atoms. The number of carbonyl (C=O) groups is 1. The van der Waals surface area contributed by atoms with E-state index in [9.17, 15) is 13.2 Å². The predicted molar refractivity (Wildman–Crippen MR) is 115 cm³/mol. The van der Waals surface area contributed by atoms with Crippen LogP contribution in [0, 0.1) is 5.41 Å². The van der Waals surface area contributed by atoms with Gasteiger partial charge >= 0.3 is 0 Å². The lowest BCUT2D eigenvalue weighted by Crippen LogP contribution is -2.42. The third-order valence-electron chi connectivity index (χ3n) is 4.74. The van der Waals surface area contributed by atoms with Crippen LogP contribution >= 0.6 is 0 Å². The maximum atomic E-state index is 13.0. The molecule has 0 aliphatic carbocycles. The summed E-state index contributed by atoms with van der Waals surface area (Å²) in [6.45, 7) is 1.70. The van der Waals surface area contributed by atoms with E-state index in [-0.39, 0.29) is 29.4 Å². The van der Waals surface area contributed by atoms with Gasteiger partial charge in [-0.2, -0.15) is 0 Å². The number of hydrogen-bond acceptors (Lipinski definition) is 4. The smallest absolute Gasteiger partial charge is 0.241 e. The van der Waals surface area contributed by atoms with Gasteiger partial charge in [0.2, 0.25) is 10.0 Å². The van der Waals surface area contributed by atoms with Crippen molar-refractivity contribution in [1.29, 1.82) is 5.41 Å². The number of nitrogens with two attached hydrogens (primary N) is 1. The number of ketones is 1. The van der Waals surface area contributed by atoms with Crippen molar-refractivity contribution in [2.24, 2.45) is 5.73 Å². The molecular weight excluding hydrogens is 386 g/mol. The summed E-state index contributed by atoms with van der Waals surface area (Å²) in [4.78, 5) is 12.6. The predicted octanol–water partition coefficient (Wildman–Crippen LogP) is 2.99. The molecule has 0 aliphatic heterocycles. The number of hydrogen-bond donors (Lipinski definition) is 3. The van der Waals surface area contributed by atoms with E-state index in [1.165, 1.54) is 6.07 Å². The second-order valence-corrected chi connectivity index (χ2v) is 8.53. The van der Waals surface area contributed by atoms with Crippen LogP contribution in [0.25, 0.3) is 10.8 Å². The van der Waals surface area contributed by atoms with E-state index >= 15 is 0 Å². The molecule has 29 heavy (non-hydrogen) atoms. The summed E-state index contributed by atoms with van der Waals surface area (Å²) >= 11 is 0. The lowest BCUT2D eigenvalue weighted by atomic mass is 10.00. The van der Waals surface area contributed by atoms with E-state index in [0.29, 0.717) is 5.56 Å². The zero-order valence-electron chi connectivity index (χ0n) is 16.1. The molecule has 3 aromatic rings. The first-order chi connectivity index (χ1) is 13.8. The molecule has 0 heterocycles. The highest BCUT2D eigenvalue weighted by Crippen LogP contribution is 2.20. The molecule has 0 saturated heterocycles. The summed E-state index contributed by atoms with van der Waals surface area (Å²) in [7, 11) is -3.89. The Morgan fingerprint density at radius 3 is 2.45 bits per heavy atom.